The Morgan fingerprint density at radius 3 is 2.94 bits per heavy atom. The molecule has 0 amide bonds. The highest BCUT2D eigenvalue weighted by molar-refractivity contribution is 5.93. The molecule has 0 aromatic rings. The smallest absolute Gasteiger partial charge is 0.177 e. The van der Waals surface area contributed by atoms with Gasteiger partial charge in [-0.25, -0.2) is 0 Å². The number of carbonyl (C=O) groups excluding carboxylic acids is 1. The lowest BCUT2D eigenvalue weighted by Crippen LogP contribution is -2.30. The van der Waals surface area contributed by atoms with E-state index in [9.17, 15) is 4.79 Å². The fourth-order valence-corrected chi connectivity index (χ4v) is 1.27. The van der Waals surface area contributed by atoms with E-state index in [1.54, 1.807) is 12.3 Å². The van der Waals surface area contributed by atoms with Gasteiger partial charge >= 0.3 is 0 Å². The van der Waals surface area contributed by atoms with Crippen LogP contribution in [0.2, 0.25) is 0 Å². The van der Waals surface area contributed by atoms with Crippen molar-refractivity contribution in [3.05, 3.63) is 53.8 Å². The molecule has 3 nitrogen and oxygen atoms in total. The van der Waals surface area contributed by atoms with Gasteiger partial charge in [0.05, 0.1) is 11.4 Å². The topological polar surface area (TPSA) is 41.1 Å². The molecule has 0 fully saturated rings. The Morgan fingerprint density at radius 1 is 1.62 bits per heavy atom. The Labute approximate surface area is 95.9 Å². The monoisotopic (exact) mass is 216 g/mol. The number of nitrogens with one attached hydrogen (secondary N) is 2. The summed E-state index contributed by atoms with van der Waals surface area (Å²) in [5.74, 6) is -0.00321. The van der Waals surface area contributed by atoms with Crippen LogP contribution in [0.5, 0.6) is 0 Å². The maximum Gasteiger partial charge on any atom is 0.177 e. The van der Waals surface area contributed by atoms with Crippen LogP contribution in [0.1, 0.15) is 20.3 Å². The second kappa shape index (κ2) is 5.79. The van der Waals surface area contributed by atoms with Crippen molar-refractivity contribution in [2.75, 3.05) is 0 Å². The summed E-state index contributed by atoms with van der Waals surface area (Å²) in [5, 5.41) is 6.10. The van der Waals surface area contributed by atoms with Crippen molar-refractivity contribution < 1.29 is 4.79 Å². The van der Waals surface area contributed by atoms with Crippen LogP contribution in [0.15, 0.2) is 53.8 Å². The van der Waals surface area contributed by atoms with Gasteiger partial charge in [0.2, 0.25) is 0 Å². The lowest BCUT2D eigenvalue weighted by atomic mass is 10.2. The van der Waals surface area contributed by atoms with E-state index in [1.165, 1.54) is 6.92 Å². The summed E-state index contributed by atoms with van der Waals surface area (Å²) >= 11 is 0. The number of rotatable bonds is 3. The zero-order chi connectivity index (χ0) is 12.0. The van der Waals surface area contributed by atoms with E-state index in [1.807, 2.05) is 19.1 Å². The van der Waals surface area contributed by atoms with Crippen molar-refractivity contribution in [2.24, 2.45) is 0 Å². The third-order valence-corrected chi connectivity index (χ3v) is 2.06. The van der Waals surface area contributed by atoms with Crippen molar-refractivity contribution in [3.8, 4) is 0 Å². The number of carbonyl (C=O) groups is 1. The van der Waals surface area contributed by atoms with E-state index in [0.29, 0.717) is 5.70 Å². The minimum Gasteiger partial charge on any atom is -0.352 e. The Balaban J connectivity index is 3.03. The summed E-state index contributed by atoms with van der Waals surface area (Å²) in [6.07, 6.45) is 7.97. The van der Waals surface area contributed by atoms with Crippen molar-refractivity contribution in [1.29, 1.82) is 0 Å². The van der Waals surface area contributed by atoms with Crippen LogP contribution < -0.4 is 10.6 Å². The maximum atomic E-state index is 11.2. The second-order valence-corrected chi connectivity index (χ2v) is 3.33. The number of Topliss-reactive ketones (excluding diaryl/α,β-unsaturated/α-hetero) is 1. The quantitative estimate of drug-likeness (QED) is 0.561. The van der Waals surface area contributed by atoms with Gasteiger partial charge in [0.15, 0.2) is 5.78 Å². The molecule has 16 heavy (non-hydrogen) atoms. The van der Waals surface area contributed by atoms with Gasteiger partial charge in [-0.3, -0.25) is 4.79 Å². The predicted octanol–water partition coefficient (Wildman–Crippen LogP) is 2.13. The molecule has 1 heterocycles. The SMILES string of the molecule is C=CC/C=C1/NC(C(C)=O)=CNC1=C=CC. The minimum atomic E-state index is -0.00321. The average molecular weight is 216 g/mol. The van der Waals surface area contributed by atoms with E-state index < -0.39 is 0 Å². The van der Waals surface area contributed by atoms with E-state index in [-0.39, 0.29) is 5.78 Å². The normalized spacial score (nSPS) is 16.8. The summed E-state index contributed by atoms with van der Waals surface area (Å²) in [5.41, 5.74) is 5.30. The molecule has 1 rings (SSSR count). The second-order valence-electron chi connectivity index (χ2n) is 3.33. The summed E-state index contributed by atoms with van der Waals surface area (Å²) in [6.45, 7) is 7.08. The summed E-state index contributed by atoms with van der Waals surface area (Å²) in [7, 11) is 0. The van der Waals surface area contributed by atoms with Gasteiger partial charge in [0.25, 0.3) is 0 Å². The first-order valence-corrected chi connectivity index (χ1v) is 5.16. The Morgan fingerprint density at radius 2 is 2.38 bits per heavy atom. The van der Waals surface area contributed by atoms with Gasteiger partial charge in [0.1, 0.15) is 5.70 Å². The Hall–Kier alpha value is -1.99. The van der Waals surface area contributed by atoms with Crippen LogP contribution in [0, 0.1) is 0 Å². The molecule has 0 aromatic carbocycles. The number of hydrogen-bond donors (Lipinski definition) is 2. The van der Waals surface area contributed by atoms with Gasteiger partial charge in [-0.1, -0.05) is 17.9 Å². The first-order valence-electron chi connectivity index (χ1n) is 5.16. The lowest BCUT2D eigenvalue weighted by Gasteiger charge is -2.19. The number of ketones is 1. The first-order chi connectivity index (χ1) is 7.69. The molecule has 0 bridgehead atoms. The molecule has 0 aromatic heterocycles. The molecule has 0 aliphatic carbocycles. The lowest BCUT2D eigenvalue weighted by molar-refractivity contribution is -0.113. The van der Waals surface area contributed by atoms with Crippen LogP contribution >= 0.6 is 0 Å². The number of hydrogen-bond acceptors (Lipinski definition) is 3. The van der Waals surface area contributed by atoms with E-state index in [2.05, 4.69) is 22.9 Å². The highest BCUT2D eigenvalue weighted by Crippen LogP contribution is 2.12. The molecule has 0 saturated carbocycles. The highest BCUT2D eigenvalue weighted by Gasteiger charge is 2.14. The summed E-state index contributed by atoms with van der Waals surface area (Å²) < 4.78 is 0. The fraction of sp³-hybridized carbons (Fsp3) is 0.231. The first kappa shape index (κ1) is 12.1. The van der Waals surface area contributed by atoms with Gasteiger partial charge in [-0.05, 0) is 19.4 Å². The summed E-state index contributed by atoms with van der Waals surface area (Å²) in [6, 6.07) is 0. The van der Waals surface area contributed by atoms with Crippen LogP contribution in [0.4, 0.5) is 0 Å². The predicted molar refractivity (Wildman–Crippen MR) is 65.2 cm³/mol. The van der Waals surface area contributed by atoms with E-state index >= 15 is 0 Å². The van der Waals surface area contributed by atoms with Crippen LogP contribution in [-0.4, -0.2) is 5.78 Å². The standard InChI is InChI=1S/C13H16N2O/c1-4-6-8-12-11(7-5-2)14-9-13(15-12)10(3)16/h4-5,8-9,14-15H,1,6H2,2-3H3/b12-8+. The zero-order valence-electron chi connectivity index (χ0n) is 9.63. The Bertz CT molecular complexity index is 421. The molecule has 0 atom stereocenters. The van der Waals surface area contributed by atoms with Crippen molar-refractivity contribution >= 4 is 5.78 Å². The van der Waals surface area contributed by atoms with Crippen molar-refractivity contribution in [1.82, 2.24) is 10.6 Å². The Kier molecular flexibility index (Phi) is 4.37. The largest absolute Gasteiger partial charge is 0.352 e. The average Bonchev–Trinajstić information content (AvgIpc) is 2.27. The molecule has 0 radical (unpaired) electrons. The molecule has 1 aliphatic rings. The third-order valence-electron chi connectivity index (χ3n) is 2.06. The van der Waals surface area contributed by atoms with Crippen LogP contribution in [0.25, 0.3) is 0 Å². The highest BCUT2D eigenvalue weighted by atomic mass is 16.1. The number of allylic oxidation sites excluding steroid dienone is 3. The molecular weight excluding hydrogens is 200 g/mol. The van der Waals surface area contributed by atoms with E-state index in [0.717, 1.165) is 17.8 Å². The van der Waals surface area contributed by atoms with Gasteiger partial charge in [-0.15, -0.1) is 6.58 Å². The van der Waals surface area contributed by atoms with Gasteiger partial charge in [0, 0.05) is 13.1 Å². The van der Waals surface area contributed by atoms with Crippen LogP contribution in [-0.2, 0) is 4.79 Å². The molecule has 1 aliphatic heterocycles. The molecule has 3 heteroatoms. The molecule has 0 unspecified atom stereocenters. The molecule has 0 saturated heterocycles. The fourth-order valence-electron chi connectivity index (χ4n) is 1.27. The van der Waals surface area contributed by atoms with Crippen LogP contribution in [0.3, 0.4) is 0 Å². The van der Waals surface area contributed by atoms with E-state index in [4.69, 9.17) is 0 Å². The minimum absolute atomic E-state index is 0.00321. The maximum absolute atomic E-state index is 11.2. The third kappa shape index (κ3) is 3.01. The van der Waals surface area contributed by atoms with Gasteiger partial charge in [-0.2, -0.15) is 0 Å². The van der Waals surface area contributed by atoms with Gasteiger partial charge < -0.3 is 10.6 Å². The zero-order valence-corrected chi connectivity index (χ0v) is 9.63. The molecule has 84 valence electrons. The molecule has 2 N–H and O–H groups in total. The van der Waals surface area contributed by atoms with Crippen molar-refractivity contribution in [2.45, 2.75) is 20.3 Å². The molecule has 0 spiro atoms. The van der Waals surface area contributed by atoms with Crippen molar-refractivity contribution in [3.63, 3.8) is 0 Å². The summed E-state index contributed by atoms with van der Waals surface area (Å²) in [4.78, 5) is 11.2. The molecular formula is C13H16N2O.